The van der Waals surface area contributed by atoms with Crippen LogP contribution in [0.4, 0.5) is 0 Å². The summed E-state index contributed by atoms with van der Waals surface area (Å²) < 4.78 is 5.48. The second kappa shape index (κ2) is 7.64. The lowest BCUT2D eigenvalue weighted by Crippen LogP contribution is -2.22. The summed E-state index contributed by atoms with van der Waals surface area (Å²) in [4.78, 5) is 6.42. The predicted molar refractivity (Wildman–Crippen MR) is 92.4 cm³/mol. The van der Waals surface area contributed by atoms with Gasteiger partial charge < -0.3 is 4.42 Å². The van der Waals surface area contributed by atoms with Crippen molar-refractivity contribution in [2.24, 2.45) is 0 Å². The summed E-state index contributed by atoms with van der Waals surface area (Å²) in [5.41, 5.74) is 2.13. The summed E-state index contributed by atoms with van der Waals surface area (Å²) in [6, 6.07) is 13.6. The largest absolute Gasteiger partial charge is 0.468 e. The van der Waals surface area contributed by atoms with Crippen LogP contribution < -0.4 is 0 Å². The van der Waals surface area contributed by atoms with Gasteiger partial charge in [-0.15, -0.1) is 0 Å². The van der Waals surface area contributed by atoms with Crippen LogP contribution >= 0.6 is 23.2 Å². The van der Waals surface area contributed by atoms with Gasteiger partial charge in [-0.1, -0.05) is 41.4 Å². The zero-order chi connectivity index (χ0) is 16.1. The van der Waals surface area contributed by atoms with Gasteiger partial charge in [0.15, 0.2) is 0 Å². The topological polar surface area (TPSA) is 29.3 Å². The van der Waals surface area contributed by atoms with Crippen molar-refractivity contribution in [3.05, 3.63) is 88.1 Å². The van der Waals surface area contributed by atoms with Crippen LogP contribution in [0.3, 0.4) is 0 Å². The second-order valence-electron chi connectivity index (χ2n) is 5.30. The molecule has 2 aromatic heterocycles. The van der Waals surface area contributed by atoms with E-state index in [1.807, 2.05) is 36.5 Å². The van der Waals surface area contributed by atoms with Gasteiger partial charge in [-0.25, -0.2) is 0 Å². The lowest BCUT2D eigenvalue weighted by atomic mass is 10.2. The molecule has 3 rings (SSSR count). The summed E-state index contributed by atoms with van der Waals surface area (Å²) >= 11 is 12.4. The summed E-state index contributed by atoms with van der Waals surface area (Å²) in [6.45, 7) is 2.11. The molecular weight excluding hydrogens is 331 g/mol. The van der Waals surface area contributed by atoms with Crippen LogP contribution in [0.25, 0.3) is 0 Å². The number of benzene rings is 1. The summed E-state index contributed by atoms with van der Waals surface area (Å²) in [7, 11) is 0. The van der Waals surface area contributed by atoms with Gasteiger partial charge in [0.2, 0.25) is 0 Å². The average molecular weight is 347 g/mol. The third-order valence-corrected chi connectivity index (χ3v) is 4.37. The zero-order valence-electron chi connectivity index (χ0n) is 12.5. The minimum absolute atomic E-state index is 0.573. The molecular formula is C18H16Cl2N2O. The number of furan rings is 1. The van der Waals surface area contributed by atoms with E-state index in [1.54, 1.807) is 18.5 Å². The van der Waals surface area contributed by atoms with E-state index in [2.05, 4.69) is 16.0 Å². The minimum Gasteiger partial charge on any atom is -0.468 e. The van der Waals surface area contributed by atoms with Gasteiger partial charge in [-0.2, -0.15) is 0 Å². The lowest BCUT2D eigenvalue weighted by molar-refractivity contribution is 0.226. The minimum atomic E-state index is 0.573. The molecule has 0 aliphatic carbocycles. The maximum Gasteiger partial charge on any atom is 0.117 e. The number of nitrogens with zero attached hydrogens (tertiary/aromatic N) is 2. The van der Waals surface area contributed by atoms with Gasteiger partial charge >= 0.3 is 0 Å². The Morgan fingerprint density at radius 2 is 1.87 bits per heavy atom. The normalized spacial score (nSPS) is 11.1. The molecule has 118 valence electrons. The van der Waals surface area contributed by atoms with Crippen LogP contribution in [-0.2, 0) is 19.6 Å². The lowest BCUT2D eigenvalue weighted by Gasteiger charge is -2.22. The molecule has 0 atom stereocenters. The monoisotopic (exact) mass is 346 g/mol. The number of pyridine rings is 1. The van der Waals surface area contributed by atoms with Crippen molar-refractivity contribution in [2.45, 2.75) is 19.6 Å². The van der Waals surface area contributed by atoms with Crippen molar-refractivity contribution in [3.63, 3.8) is 0 Å². The van der Waals surface area contributed by atoms with E-state index < -0.39 is 0 Å². The van der Waals surface area contributed by atoms with E-state index in [4.69, 9.17) is 27.6 Å². The molecule has 2 heterocycles. The molecule has 5 heteroatoms. The molecule has 0 aliphatic heterocycles. The van der Waals surface area contributed by atoms with E-state index in [9.17, 15) is 0 Å². The van der Waals surface area contributed by atoms with E-state index in [0.29, 0.717) is 23.1 Å². The van der Waals surface area contributed by atoms with Crippen LogP contribution in [0.5, 0.6) is 0 Å². The molecule has 1 aromatic carbocycles. The molecule has 3 aromatic rings. The number of aromatic nitrogens is 1. The summed E-state index contributed by atoms with van der Waals surface area (Å²) in [5, 5.41) is 1.17. The summed E-state index contributed by atoms with van der Waals surface area (Å²) in [5.74, 6) is 0.909. The Labute approximate surface area is 145 Å². The molecule has 0 amide bonds. The highest BCUT2D eigenvalue weighted by Crippen LogP contribution is 2.27. The first-order valence-electron chi connectivity index (χ1n) is 7.29. The summed E-state index contributed by atoms with van der Waals surface area (Å²) in [6.07, 6.45) is 5.33. The van der Waals surface area contributed by atoms with E-state index in [1.165, 1.54) is 0 Å². The maximum absolute atomic E-state index is 6.33. The molecule has 0 bridgehead atoms. The van der Waals surface area contributed by atoms with Crippen LogP contribution in [0.1, 0.15) is 16.9 Å². The Hall–Kier alpha value is -1.81. The van der Waals surface area contributed by atoms with Crippen LogP contribution in [0, 0.1) is 0 Å². The number of rotatable bonds is 6. The maximum atomic E-state index is 6.33. The molecule has 0 aliphatic rings. The predicted octanol–water partition coefficient (Wildman–Crippen LogP) is 5.18. The Morgan fingerprint density at radius 1 is 0.957 bits per heavy atom. The molecule has 23 heavy (non-hydrogen) atoms. The van der Waals surface area contributed by atoms with Crippen molar-refractivity contribution in [2.75, 3.05) is 0 Å². The van der Waals surface area contributed by atoms with E-state index >= 15 is 0 Å². The van der Waals surface area contributed by atoms with Gasteiger partial charge in [-0.3, -0.25) is 9.88 Å². The fourth-order valence-corrected chi connectivity index (χ4v) is 2.83. The number of halogens is 2. The average Bonchev–Trinajstić information content (AvgIpc) is 3.06. The van der Waals surface area contributed by atoms with Crippen molar-refractivity contribution < 1.29 is 4.42 Å². The molecule has 0 unspecified atom stereocenters. The Bertz CT molecular complexity index is 745. The molecule has 3 nitrogen and oxygen atoms in total. The zero-order valence-corrected chi connectivity index (χ0v) is 14.0. The smallest absolute Gasteiger partial charge is 0.117 e. The van der Waals surface area contributed by atoms with E-state index in [0.717, 1.165) is 23.4 Å². The molecule has 0 spiro atoms. The van der Waals surface area contributed by atoms with Crippen LogP contribution in [0.15, 0.2) is 65.5 Å². The Balaban J connectivity index is 1.81. The highest BCUT2D eigenvalue weighted by Gasteiger charge is 2.13. The Kier molecular flexibility index (Phi) is 5.34. The number of hydrogen-bond acceptors (Lipinski definition) is 3. The molecule has 0 radical (unpaired) electrons. The van der Waals surface area contributed by atoms with Gasteiger partial charge in [0.1, 0.15) is 5.76 Å². The van der Waals surface area contributed by atoms with Gasteiger partial charge in [0.25, 0.3) is 0 Å². The van der Waals surface area contributed by atoms with E-state index in [-0.39, 0.29) is 0 Å². The van der Waals surface area contributed by atoms with Crippen molar-refractivity contribution >= 4 is 23.2 Å². The fraction of sp³-hybridized carbons (Fsp3) is 0.167. The highest BCUT2D eigenvalue weighted by molar-refractivity contribution is 6.42. The first-order chi connectivity index (χ1) is 11.2. The standard InChI is InChI=1S/C18H16Cl2N2O/c19-17-7-1-5-15(18(17)20)12-22(13-16-6-3-9-23-16)11-14-4-2-8-21-10-14/h1-10H,11-13H2. The third-order valence-electron chi connectivity index (χ3n) is 3.51. The highest BCUT2D eigenvalue weighted by atomic mass is 35.5. The van der Waals surface area contributed by atoms with Crippen molar-refractivity contribution in [1.29, 1.82) is 0 Å². The molecule has 0 saturated heterocycles. The Morgan fingerprint density at radius 3 is 2.61 bits per heavy atom. The number of hydrogen-bond donors (Lipinski definition) is 0. The second-order valence-corrected chi connectivity index (χ2v) is 6.08. The molecule has 0 fully saturated rings. The van der Waals surface area contributed by atoms with Crippen LogP contribution in [-0.4, -0.2) is 9.88 Å². The fourth-order valence-electron chi connectivity index (χ4n) is 2.45. The van der Waals surface area contributed by atoms with Gasteiger partial charge in [0, 0.05) is 25.5 Å². The third kappa shape index (κ3) is 4.35. The first kappa shape index (κ1) is 16.1. The van der Waals surface area contributed by atoms with Gasteiger partial charge in [0.05, 0.1) is 22.9 Å². The SMILES string of the molecule is Clc1cccc(CN(Cc2cccnc2)Cc2ccco2)c1Cl. The first-order valence-corrected chi connectivity index (χ1v) is 8.04. The van der Waals surface area contributed by atoms with Crippen molar-refractivity contribution in [1.82, 2.24) is 9.88 Å². The quantitative estimate of drug-likeness (QED) is 0.615. The van der Waals surface area contributed by atoms with Gasteiger partial charge in [-0.05, 0) is 35.4 Å². The molecule has 0 N–H and O–H groups in total. The molecule has 0 saturated carbocycles. The van der Waals surface area contributed by atoms with Crippen molar-refractivity contribution in [3.8, 4) is 0 Å². The van der Waals surface area contributed by atoms with Crippen LogP contribution in [0.2, 0.25) is 10.0 Å².